The van der Waals surface area contributed by atoms with E-state index >= 15 is 0 Å². The molecule has 12 heteroatoms. The molecule has 1 unspecified atom stereocenters. The molecular weight excluding hydrogens is 429 g/mol. The normalized spacial score (nSPS) is 23.5. The molecule has 1 aromatic carbocycles. The lowest BCUT2D eigenvalue weighted by atomic mass is 9.92. The fourth-order valence-corrected chi connectivity index (χ4v) is 5.70. The second-order valence-corrected chi connectivity index (χ2v) is 9.91. The molecule has 164 valence electrons. The molecule has 1 saturated heterocycles. The summed E-state index contributed by atoms with van der Waals surface area (Å²) in [5, 5.41) is 2.59. The van der Waals surface area contributed by atoms with Crippen molar-refractivity contribution in [2.24, 2.45) is 10.7 Å². The van der Waals surface area contributed by atoms with E-state index in [-0.39, 0.29) is 41.9 Å². The summed E-state index contributed by atoms with van der Waals surface area (Å²) in [6, 6.07) is 3.82. The number of sulfone groups is 1. The molecule has 4 rings (SSSR count). The van der Waals surface area contributed by atoms with Crippen molar-refractivity contribution in [3.8, 4) is 5.88 Å². The van der Waals surface area contributed by atoms with Gasteiger partial charge >= 0.3 is 0 Å². The van der Waals surface area contributed by atoms with E-state index in [9.17, 15) is 17.6 Å². The maximum absolute atomic E-state index is 14.7. The summed E-state index contributed by atoms with van der Waals surface area (Å²) in [5.74, 6) is -1.55. The number of aliphatic imine (C=N–C) groups is 1. The van der Waals surface area contributed by atoms with Crippen molar-refractivity contribution >= 4 is 27.3 Å². The van der Waals surface area contributed by atoms with E-state index in [2.05, 4.69) is 20.3 Å². The van der Waals surface area contributed by atoms with Crippen molar-refractivity contribution in [1.29, 1.82) is 0 Å². The highest BCUT2D eigenvalue weighted by atomic mass is 32.2. The minimum Gasteiger partial charge on any atom is -0.480 e. The molecule has 1 fully saturated rings. The Morgan fingerprint density at radius 1 is 1.29 bits per heavy atom. The fraction of sp³-hybridized carbons (Fsp3) is 0.368. The van der Waals surface area contributed by atoms with E-state index in [0.29, 0.717) is 0 Å². The lowest BCUT2D eigenvalue weighted by molar-refractivity contribution is 0.0148. The number of amides is 1. The summed E-state index contributed by atoms with van der Waals surface area (Å²) in [7, 11) is -2.34. The fourth-order valence-electron chi connectivity index (χ4n) is 3.57. The molecule has 1 amide bonds. The van der Waals surface area contributed by atoms with Gasteiger partial charge < -0.3 is 20.5 Å². The number of carbonyl (C=O) groups is 1. The van der Waals surface area contributed by atoms with Crippen LogP contribution in [0.3, 0.4) is 0 Å². The summed E-state index contributed by atoms with van der Waals surface area (Å²) >= 11 is 0. The monoisotopic (exact) mass is 449 g/mol. The highest BCUT2D eigenvalue weighted by Gasteiger charge is 2.59. The van der Waals surface area contributed by atoms with Gasteiger partial charge in [0.2, 0.25) is 5.88 Å². The van der Waals surface area contributed by atoms with E-state index in [1.807, 2.05) is 0 Å². The third kappa shape index (κ3) is 3.41. The SMILES string of the molecule is COc1cnc(C(=O)Nc2ccc(F)c(C3(C)CS(=O)(=O)C4(COC4)C(N)=N3)c2)cn1. The Morgan fingerprint density at radius 2 is 2.03 bits per heavy atom. The van der Waals surface area contributed by atoms with Crippen molar-refractivity contribution in [1.82, 2.24) is 9.97 Å². The highest BCUT2D eigenvalue weighted by molar-refractivity contribution is 7.93. The lowest BCUT2D eigenvalue weighted by Gasteiger charge is -2.46. The number of anilines is 1. The van der Waals surface area contributed by atoms with Gasteiger partial charge in [0, 0.05) is 11.3 Å². The molecule has 0 radical (unpaired) electrons. The average molecular weight is 449 g/mol. The molecule has 1 atom stereocenters. The van der Waals surface area contributed by atoms with Crippen LogP contribution in [0.15, 0.2) is 35.6 Å². The van der Waals surface area contributed by atoms with Crippen molar-refractivity contribution in [2.75, 3.05) is 31.4 Å². The average Bonchev–Trinajstić information content (AvgIpc) is 2.67. The van der Waals surface area contributed by atoms with Gasteiger partial charge in [-0.1, -0.05) is 0 Å². The van der Waals surface area contributed by atoms with Crippen LogP contribution < -0.4 is 15.8 Å². The van der Waals surface area contributed by atoms with Crippen molar-refractivity contribution < 1.29 is 27.1 Å². The Labute approximate surface area is 177 Å². The second-order valence-electron chi connectivity index (χ2n) is 7.61. The molecule has 10 nitrogen and oxygen atoms in total. The summed E-state index contributed by atoms with van der Waals surface area (Å²) in [5.41, 5.74) is 4.79. The van der Waals surface area contributed by atoms with E-state index < -0.39 is 37.6 Å². The summed E-state index contributed by atoms with van der Waals surface area (Å²) in [6.07, 6.45) is 2.52. The van der Waals surface area contributed by atoms with Gasteiger partial charge in [0.05, 0.1) is 38.5 Å². The number of nitrogens with one attached hydrogen (secondary N) is 1. The number of hydrogen-bond donors (Lipinski definition) is 2. The predicted molar refractivity (Wildman–Crippen MR) is 109 cm³/mol. The number of nitrogens with zero attached hydrogens (tertiary/aromatic N) is 3. The number of hydrogen-bond acceptors (Lipinski definition) is 9. The van der Waals surface area contributed by atoms with Crippen molar-refractivity contribution in [2.45, 2.75) is 17.2 Å². The molecule has 2 aliphatic rings. The third-order valence-corrected chi connectivity index (χ3v) is 8.02. The zero-order valence-corrected chi connectivity index (χ0v) is 17.6. The Kier molecular flexibility index (Phi) is 4.93. The Bertz CT molecular complexity index is 1180. The van der Waals surface area contributed by atoms with Crippen LogP contribution in [0.25, 0.3) is 0 Å². The summed E-state index contributed by atoms with van der Waals surface area (Å²) < 4.78 is 49.2. The molecule has 2 aromatic rings. The number of carbonyl (C=O) groups excluding carboxylic acids is 1. The Hall–Kier alpha value is -3.12. The van der Waals surface area contributed by atoms with E-state index in [1.165, 1.54) is 38.6 Å². The molecule has 31 heavy (non-hydrogen) atoms. The van der Waals surface area contributed by atoms with Crippen LogP contribution in [0.4, 0.5) is 10.1 Å². The zero-order valence-electron chi connectivity index (χ0n) is 16.8. The predicted octanol–water partition coefficient (Wildman–Crippen LogP) is 0.646. The van der Waals surface area contributed by atoms with Gasteiger partial charge in [0.25, 0.3) is 5.91 Å². The molecule has 0 bridgehead atoms. The number of benzene rings is 1. The number of methoxy groups -OCH3 is 1. The van der Waals surface area contributed by atoms with Gasteiger partial charge in [-0.3, -0.25) is 9.79 Å². The van der Waals surface area contributed by atoms with Crippen LogP contribution in [0.2, 0.25) is 0 Å². The topological polar surface area (TPSA) is 146 Å². The van der Waals surface area contributed by atoms with Crippen LogP contribution >= 0.6 is 0 Å². The van der Waals surface area contributed by atoms with Crippen LogP contribution in [-0.2, 0) is 20.1 Å². The minimum absolute atomic E-state index is 0.00673. The molecule has 0 saturated carbocycles. The van der Waals surface area contributed by atoms with Gasteiger partial charge in [-0.05, 0) is 25.1 Å². The number of ether oxygens (including phenoxy) is 2. The summed E-state index contributed by atoms with van der Waals surface area (Å²) in [6.45, 7) is 1.35. The first-order valence-corrected chi connectivity index (χ1v) is 10.9. The first kappa shape index (κ1) is 21.1. The Morgan fingerprint density at radius 3 is 2.58 bits per heavy atom. The van der Waals surface area contributed by atoms with Crippen LogP contribution in [0, 0.1) is 5.82 Å². The van der Waals surface area contributed by atoms with E-state index in [1.54, 1.807) is 0 Å². The molecule has 3 N–H and O–H groups in total. The number of halogens is 1. The lowest BCUT2D eigenvalue weighted by Crippen LogP contribution is -2.68. The van der Waals surface area contributed by atoms with Gasteiger partial charge in [-0.2, -0.15) is 0 Å². The number of rotatable bonds is 4. The van der Waals surface area contributed by atoms with Crippen LogP contribution in [0.1, 0.15) is 23.0 Å². The third-order valence-electron chi connectivity index (χ3n) is 5.45. The molecule has 3 heterocycles. The Balaban J connectivity index is 1.65. The molecule has 1 spiro atoms. The largest absolute Gasteiger partial charge is 0.480 e. The molecule has 0 aliphatic carbocycles. The maximum atomic E-state index is 14.7. The van der Waals surface area contributed by atoms with Crippen molar-refractivity contribution in [3.63, 3.8) is 0 Å². The summed E-state index contributed by atoms with van der Waals surface area (Å²) in [4.78, 5) is 24.7. The molecule has 1 aromatic heterocycles. The number of aromatic nitrogens is 2. The van der Waals surface area contributed by atoms with Crippen LogP contribution in [-0.4, -0.2) is 61.0 Å². The number of nitrogens with two attached hydrogens (primary N) is 1. The van der Waals surface area contributed by atoms with Crippen LogP contribution in [0.5, 0.6) is 5.88 Å². The van der Waals surface area contributed by atoms with Gasteiger partial charge in [-0.15, -0.1) is 0 Å². The smallest absolute Gasteiger partial charge is 0.275 e. The molecular formula is C19H20FN5O5S. The maximum Gasteiger partial charge on any atom is 0.275 e. The first-order valence-electron chi connectivity index (χ1n) is 9.23. The highest BCUT2D eigenvalue weighted by Crippen LogP contribution is 2.41. The van der Waals surface area contributed by atoms with Crippen molar-refractivity contribution in [3.05, 3.63) is 47.7 Å². The van der Waals surface area contributed by atoms with E-state index in [4.69, 9.17) is 15.2 Å². The first-order chi connectivity index (χ1) is 14.6. The molecule has 2 aliphatic heterocycles. The quantitative estimate of drug-likeness (QED) is 0.692. The standard InChI is InChI=1S/C19H20FN5O5S/c1-18(10-31(27,28)19(8-30-9-19)17(21)25-18)12-5-11(3-4-13(12)20)24-16(26)14-6-23-15(29-2)7-22-14/h3-7H,8-10H2,1-2H3,(H2,21,25)(H,24,26). The van der Waals surface area contributed by atoms with E-state index in [0.717, 1.165) is 6.07 Å². The van der Waals surface area contributed by atoms with Gasteiger partial charge in [-0.25, -0.2) is 22.8 Å². The number of amidine groups is 1. The minimum atomic E-state index is -3.76. The van der Waals surface area contributed by atoms with Gasteiger partial charge in [0.15, 0.2) is 14.6 Å². The second kappa shape index (κ2) is 7.24. The van der Waals surface area contributed by atoms with Gasteiger partial charge in [0.1, 0.15) is 22.9 Å². The zero-order chi connectivity index (χ0) is 22.4.